The number of hydrogen-bond donors (Lipinski definition) is 5. The van der Waals surface area contributed by atoms with Gasteiger partial charge in [0.1, 0.15) is 23.8 Å². The lowest BCUT2D eigenvalue weighted by Crippen LogP contribution is -2.46. The monoisotopic (exact) mass is 462 g/mol. The summed E-state index contributed by atoms with van der Waals surface area (Å²) in [4.78, 5) is 12.6. The Morgan fingerprint density at radius 1 is 0.971 bits per heavy atom. The zero-order chi connectivity index (χ0) is 23.9. The molecule has 0 radical (unpaired) electrons. The van der Waals surface area contributed by atoms with Crippen molar-refractivity contribution in [3.05, 3.63) is 78.1 Å². The van der Waals surface area contributed by atoms with Gasteiger partial charge in [0.15, 0.2) is 17.2 Å². The Kier molecular flexibility index (Phi) is 5.66. The highest BCUT2D eigenvalue weighted by Crippen LogP contribution is 2.46. The van der Waals surface area contributed by atoms with Gasteiger partial charge in [-0.1, -0.05) is 60.7 Å². The third-order valence-electron chi connectivity index (χ3n) is 6.45. The molecule has 0 saturated carbocycles. The van der Waals surface area contributed by atoms with Gasteiger partial charge in [0.05, 0.1) is 12.9 Å². The Morgan fingerprint density at radius 3 is 2.15 bits per heavy atom. The molecule has 10 nitrogen and oxygen atoms in total. The smallest absolute Gasteiger partial charge is 0.224 e. The van der Waals surface area contributed by atoms with E-state index in [1.54, 1.807) is 4.57 Å². The first-order valence-corrected chi connectivity index (χ1v) is 11.0. The molecule has 5 rings (SSSR count). The van der Waals surface area contributed by atoms with Crippen LogP contribution < -0.4 is 11.5 Å². The summed E-state index contributed by atoms with van der Waals surface area (Å²) in [5.41, 5.74) is 12.9. The fraction of sp³-hybridized carbons (Fsp3) is 0.292. The van der Waals surface area contributed by atoms with E-state index in [2.05, 4.69) is 15.0 Å². The van der Waals surface area contributed by atoms with Gasteiger partial charge in [-0.25, -0.2) is 4.98 Å². The van der Waals surface area contributed by atoms with Crippen molar-refractivity contribution in [2.45, 2.75) is 36.4 Å². The number of aliphatic hydroxyl groups is 3. The van der Waals surface area contributed by atoms with Crippen molar-refractivity contribution in [2.75, 3.05) is 18.1 Å². The Balaban J connectivity index is 1.72. The number of hydrogen-bond acceptors (Lipinski definition) is 9. The van der Waals surface area contributed by atoms with Crippen LogP contribution in [0.2, 0.25) is 0 Å². The summed E-state index contributed by atoms with van der Waals surface area (Å²) in [5.74, 6) is -0.210. The average molecular weight is 463 g/mol. The number of ether oxygens (including phenoxy) is 1. The SMILES string of the molecule is Nc1nc(N)c2ncn([C@]3(CC(c4ccccc4)c4ccccc4)O[C@H](CO)[C@@H](O)[C@H]3O)c2n1. The highest BCUT2D eigenvalue weighted by atomic mass is 16.6. The van der Waals surface area contributed by atoms with Crippen molar-refractivity contribution in [3.8, 4) is 0 Å². The van der Waals surface area contributed by atoms with E-state index in [0.29, 0.717) is 5.52 Å². The van der Waals surface area contributed by atoms with Gasteiger partial charge in [-0.05, 0) is 11.1 Å². The molecule has 0 bridgehead atoms. The Bertz CT molecular complexity index is 1250. The lowest BCUT2D eigenvalue weighted by molar-refractivity contribution is -0.152. The molecule has 4 atom stereocenters. The van der Waals surface area contributed by atoms with Crippen LogP contribution in [0.5, 0.6) is 0 Å². The van der Waals surface area contributed by atoms with Gasteiger partial charge in [0.2, 0.25) is 5.95 Å². The number of aliphatic hydroxyl groups excluding tert-OH is 3. The van der Waals surface area contributed by atoms with E-state index in [1.165, 1.54) is 6.33 Å². The maximum Gasteiger partial charge on any atom is 0.224 e. The third-order valence-corrected chi connectivity index (χ3v) is 6.45. The standard InChI is InChI=1S/C24H26N6O4/c25-21-18-22(29-23(26)28-21)30(13-27-18)24(20(33)19(32)17(12-31)34-24)11-16(14-7-3-1-4-8-14)15-9-5-2-6-10-15/h1-10,13,16-17,19-20,31-33H,11-12H2,(H4,25,26,28,29)/t17-,19-,20-,24-/m1/s1. The fourth-order valence-electron chi connectivity index (χ4n) is 4.79. The van der Waals surface area contributed by atoms with Crippen LogP contribution in [0.4, 0.5) is 11.8 Å². The van der Waals surface area contributed by atoms with E-state index in [9.17, 15) is 15.3 Å². The molecule has 1 saturated heterocycles. The quantitative estimate of drug-likeness (QED) is 0.281. The van der Waals surface area contributed by atoms with Gasteiger partial charge >= 0.3 is 0 Å². The molecule has 10 heteroatoms. The zero-order valence-corrected chi connectivity index (χ0v) is 18.3. The van der Waals surface area contributed by atoms with Crippen LogP contribution >= 0.6 is 0 Å². The zero-order valence-electron chi connectivity index (χ0n) is 18.3. The van der Waals surface area contributed by atoms with Crippen LogP contribution in [0, 0.1) is 0 Å². The minimum Gasteiger partial charge on any atom is -0.394 e. The van der Waals surface area contributed by atoms with E-state index >= 15 is 0 Å². The van der Waals surface area contributed by atoms with Gasteiger partial charge in [-0.2, -0.15) is 9.97 Å². The number of benzene rings is 2. The molecule has 0 spiro atoms. The van der Waals surface area contributed by atoms with Gasteiger partial charge in [0.25, 0.3) is 0 Å². The molecule has 34 heavy (non-hydrogen) atoms. The lowest BCUT2D eigenvalue weighted by Gasteiger charge is -2.37. The first kappa shape index (κ1) is 22.2. The first-order valence-electron chi connectivity index (χ1n) is 11.0. The lowest BCUT2D eigenvalue weighted by atomic mass is 9.82. The molecule has 1 aliphatic rings. The molecule has 3 heterocycles. The second-order valence-electron chi connectivity index (χ2n) is 8.45. The molecule has 176 valence electrons. The molecule has 1 fully saturated rings. The number of imidazole rings is 1. The van der Waals surface area contributed by atoms with Crippen molar-refractivity contribution in [1.29, 1.82) is 0 Å². The number of rotatable bonds is 6. The molecular formula is C24H26N6O4. The summed E-state index contributed by atoms with van der Waals surface area (Å²) in [6, 6.07) is 19.6. The molecule has 0 unspecified atom stereocenters. The van der Waals surface area contributed by atoms with Crippen molar-refractivity contribution in [1.82, 2.24) is 19.5 Å². The van der Waals surface area contributed by atoms with Crippen LogP contribution in [-0.2, 0) is 10.5 Å². The van der Waals surface area contributed by atoms with Crippen LogP contribution in [-0.4, -0.2) is 59.8 Å². The number of nitrogens with zero attached hydrogens (tertiary/aromatic N) is 4. The van der Waals surface area contributed by atoms with Gasteiger partial charge < -0.3 is 31.5 Å². The van der Waals surface area contributed by atoms with Crippen molar-refractivity contribution < 1.29 is 20.1 Å². The minimum atomic E-state index is -1.54. The maximum absolute atomic E-state index is 11.4. The summed E-state index contributed by atoms with van der Waals surface area (Å²) >= 11 is 0. The Hall–Kier alpha value is -3.57. The topological polar surface area (TPSA) is 166 Å². The van der Waals surface area contributed by atoms with E-state index in [-0.39, 0.29) is 29.8 Å². The van der Waals surface area contributed by atoms with E-state index in [4.69, 9.17) is 16.2 Å². The molecule has 2 aromatic heterocycles. The van der Waals surface area contributed by atoms with Crippen molar-refractivity contribution >= 4 is 22.9 Å². The number of nitrogens with two attached hydrogens (primary N) is 2. The third kappa shape index (κ3) is 3.57. The highest BCUT2D eigenvalue weighted by Gasteiger charge is 2.57. The molecular weight excluding hydrogens is 436 g/mol. The van der Waals surface area contributed by atoms with Gasteiger partial charge in [-0.15, -0.1) is 0 Å². The van der Waals surface area contributed by atoms with Crippen molar-refractivity contribution in [3.63, 3.8) is 0 Å². The Labute approximate surface area is 195 Å². The summed E-state index contributed by atoms with van der Waals surface area (Å²) in [6.45, 7) is -0.479. The second-order valence-corrected chi connectivity index (χ2v) is 8.45. The predicted molar refractivity (Wildman–Crippen MR) is 125 cm³/mol. The molecule has 0 aliphatic carbocycles. The number of nitrogen functional groups attached to an aromatic ring is 2. The van der Waals surface area contributed by atoms with E-state index in [1.807, 2.05) is 60.7 Å². The average Bonchev–Trinajstić information content (AvgIpc) is 3.39. The van der Waals surface area contributed by atoms with Crippen LogP contribution in [0.25, 0.3) is 11.2 Å². The molecule has 1 aliphatic heterocycles. The maximum atomic E-state index is 11.4. The molecule has 4 aromatic rings. The second kappa shape index (κ2) is 8.65. The molecule has 0 amide bonds. The van der Waals surface area contributed by atoms with E-state index < -0.39 is 30.6 Å². The van der Waals surface area contributed by atoms with Crippen LogP contribution in [0.1, 0.15) is 23.5 Å². The molecule has 2 aromatic carbocycles. The number of anilines is 2. The predicted octanol–water partition coefficient (Wildman–Crippen LogP) is 0.979. The highest BCUT2D eigenvalue weighted by molar-refractivity contribution is 5.82. The fourth-order valence-corrected chi connectivity index (χ4v) is 4.79. The number of fused-ring (bicyclic) bond motifs is 1. The van der Waals surface area contributed by atoms with Gasteiger partial charge in [0, 0.05) is 12.3 Å². The molecule has 7 N–H and O–H groups in total. The summed E-state index contributed by atoms with van der Waals surface area (Å²) in [6.07, 6.45) is -2.13. The normalized spacial score (nSPS) is 24.8. The minimum absolute atomic E-state index is 0.0590. The van der Waals surface area contributed by atoms with Crippen LogP contribution in [0.15, 0.2) is 67.0 Å². The number of aromatic nitrogens is 4. The summed E-state index contributed by atoms with van der Waals surface area (Å²) < 4.78 is 7.80. The van der Waals surface area contributed by atoms with Crippen LogP contribution in [0.3, 0.4) is 0 Å². The largest absolute Gasteiger partial charge is 0.394 e. The van der Waals surface area contributed by atoms with Crippen molar-refractivity contribution in [2.24, 2.45) is 0 Å². The van der Waals surface area contributed by atoms with E-state index in [0.717, 1.165) is 11.1 Å². The first-order chi connectivity index (χ1) is 16.4. The Morgan fingerprint density at radius 2 is 1.59 bits per heavy atom. The van der Waals surface area contributed by atoms with Gasteiger partial charge in [-0.3, -0.25) is 4.57 Å². The summed E-state index contributed by atoms with van der Waals surface area (Å²) in [7, 11) is 0. The summed E-state index contributed by atoms with van der Waals surface area (Å²) in [5, 5.41) is 32.0.